The first kappa shape index (κ1) is 23.1. The number of benzene rings is 3. The minimum atomic E-state index is 0. The van der Waals surface area contributed by atoms with Crippen LogP contribution in [0, 0.1) is 6.92 Å². The first-order valence-corrected chi connectivity index (χ1v) is 9.82. The molecule has 0 aliphatic rings. The molecule has 0 aliphatic carbocycles. The molecule has 29 heavy (non-hydrogen) atoms. The normalized spacial score (nSPS) is 10.3. The van der Waals surface area contributed by atoms with Crippen molar-refractivity contribution >= 4 is 24.0 Å². The Morgan fingerprint density at radius 3 is 2.17 bits per heavy atom. The molecule has 0 unspecified atom stereocenters. The van der Waals surface area contributed by atoms with Gasteiger partial charge in [0.25, 0.3) is 0 Å². The van der Waals surface area contributed by atoms with E-state index in [1.807, 2.05) is 24.3 Å². The van der Waals surface area contributed by atoms with Crippen molar-refractivity contribution in [2.24, 2.45) is 0 Å². The zero-order valence-corrected chi connectivity index (χ0v) is 18.4. The number of methoxy groups -OCH3 is 1. The SMILES string of the molecule is COc1cc(CNCCc2ccc(Cl)cc2)ccc1OCc1ccc(C)cc1.Cl. The lowest BCUT2D eigenvalue weighted by atomic mass is 10.1. The van der Waals surface area contributed by atoms with Crippen LogP contribution in [0.1, 0.15) is 22.3 Å². The van der Waals surface area contributed by atoms with Crippen molar-refractivity contribution in [3.63, 3.8) is 0 Å². The van der Waals surface area contributed by atoms with Crippen molar-refractivity contribution in [1.82, 2.24) is 5.32 Å². The van der Waals surface area contributed by atoms with E-state index in [-0.39, 0.29) is 12.4 Å². The Balaban J connectivity index is 0.00000300. The lowest BCUT2D eigenvalue weighted by molar-refractivity contribution is 0.284. The first-order valence-electron chi connectivity index (χ1n) is 9.44. The summed E-state index contributed by atoms with van der Waals surface area (Å²) in [6.45, 7) is 4.28. The zero-order chi connectivity index (χ0) is 19.8. The molecular formula is C24H27Cl2NO2. The van der Waals surface area contributed by atoms with E-state index in [2.05, 4.69) is 54.7 Å². The van der Waals surface area contributed by atoms with Crippen LogP contribution in [0.3, 0.4) is 0 Å². The number of hydrogen-bond donors (Lipinski definition) is 1. The van der Waals surface area contributed by atoms with Crippen LogP contribution in [0.5, 0.6) is 11.5 Å². The van der Waals surface area contributed by atoms with Crippen molar-refractivity contribution in [1.29, 1.82) is 0 Å². The fourth-order valence-corrected chi connectivity index (χ4v) is 3.03. The Morgan fingerprint density at radius 2 is 1.48 bits per heavy atom. The molecule has 154 valence electrons. The monoisotopic (exact) mass is 431 g/mol. The van der Waals surface area contributed by atoms with Gasteiger partial charge in [-0.1, -0.05) is 59.6 Å². The molecule has 0 aliphatic heterocycles. The molecule has 0 aromatic heterocycles. The smallest absolute Gasteiger partial charge is 0.161 e. The third kappa shape index (κ3) is 7.28. The standard InChI is InChI=1S/C24H26ClNO2.ClH/c1-18-3-5-20(6-4-18)17-28-23-12-9-21(15-24(23)27-2)16-26-14-13-19-7-10-22(25)11-8-19;/h3-12,15,26H,13-14,16-17H2,1-2H3;1H. The van der Waals surface area contributed by atoms with E-state index in [9.17, 15) is 0 Å². The van der Waals surface area contributed by atoms with E-state index in [4.69, 9.17) is 21.1 Å². The molecule has 3 rings (SSSR count). The number of rotatable bonds is 9. The molecule has 0 saturated carbocycles. The van der Waals surface area contributed by atoms with Crippen LogP contribution < -0.4 is 14.8 Å². The van der Waals surface area contributed by atoms with Gasteiger partial charge in [0.05, 0.1) is 7.11 Å². The zero-order valence-electron chi connectivity index (χ0n) is 16.8. The van der Waals surface area contributed by atoms with Gasteiger partial charge in [-0.25, -0.2) is 0 Å². The Kier molecular flexibility index (Phi) is 9.33. The van der Waals surface area contributed by atoms with Crippen molar-refractivity contribution in [2.75, 3.05) is 13.7 Å². The molecule has 3 aromatic rings. The van der Waals surface area contributed by atoms with Gasteiger partial charge in [0.15, 0.2) is 11.5 Å². The maximum atomic E-state index is 5.95. The lowest BCUT2D eigenvalue weighted by Crippen LogP contribution is -2.16. The summed E-state index contributed by atoms with van der Waals surface area (Å²) in [6, 6.07) is 22.4. The second kappa shape index (κ2) is 11.7. The van der Waals surface area contributed by atoms with Gasteiger partial charge in [-0.05, 0) is 60.8 Å². The van der Waals surface area contributed by atoms with Crippen LogP contribution in [0.2, 0.25) is 5.02 Å². The molecule has 0 fully saturated rings. The van der Waals surface area contributed by atoms with E-state index in [0.29, 0.717) is 6.61 Å². The van der Waals surface area contributed by atoms with E-state index >= 15 is 0 Å². The summed E-state index contributed by atoms with van der Waals surface area (Å²) in [6.07, 6.45) is 0.964. The molecule has 0 amide bonds. The number of ether oxygens (including phenoxy) is 2. The fraction of sp³-hybridized carbons (Fsp3) is 0.250. The summed E-state index contributed by atoms with van der Waals surface area (Å²) < 4.78 is 11.5. The van der Waals surface area contributed by atoms with Gasteiger partial charge in [0, 0.05) is 11.6 Å². The Morgan fingerprint density at radius 1 is 0.828 bits per heavy atom. The lowest BCUT2D eigenvalue weighted by Gasteiger charge is -2.13. The van der Waals surface area contributed by atoms with Gasteiger partial charge in [-0.2, -0.15) is 0 Å². The highest BCUT2D eigenvalue weighted by Gasteiger charge is 2.06. The molecular weight excluding hydrogens is 405 g/mol. The number of nitrogens with one attached hydrogen (secondary N) is 1. The largest absolute Gasteiger partial charge is 0.493 e. The minimum absolute atomic E-state index is 0. The molecule has 0 spiro atoms. The van der Waals surface area contributed by atoms with Gasteiger partial charge < -0.3 is 14.8 Å². The summed E-state index contributed by atoms with van der Waals surface area (Å²) in [5, 5.41) is 4.24. The quantitative estimate of drug-likeness (QED) is 0.422. The summed E-state index contributed by atoms with van der Waals surface area (Å²) >= 11 is 5.92. The molecule has 0 bridgehead atoms. The maximum absolute atomic E-state index is 5.95. The number of hydrogen-bond acceptors (Lipinski definition) is 3. The van der Waals surface area contributed by atoms with Crippen molar-refractivity contribution in [3.05, 3.63) is 94.0 Å². The fourth-order valence-electron chi connectivity index (χ4n) is 2.90. The van der Waals surface area contributed by atoms with Crippen LogP contribution in [-0.2, 0) is 19.6 Å². The third-order valence-corrected chi connectivity index (χ3v) is 4.83. The van der Waals surface area contributed by atoms with E-state index in [1.165, 1.54) is 11.1 Å². The van der Waals surface area contributed by atoms with Crippen LogP contribution in [0.4, 0.5) is 0 Å². The maximum Gasteiger partial charge on any atom is 0.161 e. The summed E-state index contributed by atoms with van der Waals surface area (Å²) in [4.78, 5) is 0. The molecule has 0 saturated heterocycles. The first-order chi connectivity index (χ1) is 13.6. The highest BCUT2D eigenvalue weighted by molar-refractivity contribution is 6.30. The summed E-state index contributed by atoms with van der Waals surface area (Å²) in [5.41, 5.74) is 4.82. The number of halogens is 2. The van der Waals surface area contributed by atoms with Crippen LogP contribution in [0.25, 0.3) is 0 Å². The summed E-state index contributed by atoms with van der Waals surface area (Å²) in [7, 11) is 1.67. The number of aryl methyl sites for hydroxylation is 1. The van der Waals surface area contributed by atoms with Crippen LogP contribution in [0.15, 0.2) is 66.7 Å². The van der Waals surface area contributed by atoms with Gasteiger partial charge in [-0.3, -0.25) is 0 Å². The second-order valence-corrected chi connectivity index (χ2v) is 7.25. The van der Waals surface area contributed by atoms with E-state index in [0.717, 1.165) is 47.2 Å². The van der Waals surface area contributed by atoms with Gasteiger partial charge in [0.2, 0.25) is 0 Å². The second-order valence-electron chi connectivity index (χ2n) is 6.81. The predicted octanol–water partition coefficient (Wildman–Crippen LogP) is 5.99. The summed E-state index contributed by atoms with van der Waals surface area (Å²) in [5.74, 6) is 1.51. The Labute approximate surface area is 184 Å². The third-order valence-electron chi connectivity index (χ3n) is 4.58. The molecule has 0 heterocycles. The Hall–Kier alpha value is -2.20. The predicted molar refractivity (Wildman–Crippen MR) is 123 cm³/mol. The van der Waals surface area contributed by atoms with E-state index < -0.39 is 0 Å². The van der Waals surface area contributed by atoms with E-state index in [1.54, 1.807) is 7.11 Å². The average molecular weight is 432 g/mol. The highest BCUT2D eigenvalue weighted by atomic mass is 35.5. The molecule has 3 nitrogen and oxygen atoms in total. The Bertz CT molecular complexity index is 880. The van der Waals surface area contributed by atoms with Gasteiger partial charge >= 0.3 is 0 Å². The van der Waals surface area contributed by atoms with Gasteiger partial charge in [-0.15, -0.1) is 12.4 Å². The minimum Gasteiger partial charge on any atom is -0.493 e. The van der Waals surface area contributed by atoms with Crippen LogP contribution >= 0.6 is 24.0 Å². The van der Waals surface area contributed by atoms with Gasteiger partial charge in [0.1, 0.15) is 6.61 Å². The van der Waals surface area contributed by atoms with Crippen LogP contribution in [-0.4, -0.2) is 13.7 Å². The highest BCUT2D eigenvalue weighted by Crippen LogP contribution is 2.29. The molecule has 5 heteroatoms. The molecule has 1 N–H and O–H groups in total. The van der Waals surface area contributed by atoms with Crippen molar-refractivity contribution < 1.29 is 9.47 Å². The topological polar surface area (TPSA) is 30.5 Å². The van der Waals surface area contributed by atoms with Crippen molar-refractivity contribution in [2.45, 2.75) is 26.5 Å². The molecule has 0 atom stereocenters. The average Bonchev–Trinajstić information content (AvgIpc) is 2.72. The molecule has 3 aromatic carbocycles. The molecule has 0 radical (unpaired) electrons. The van der Waals surface area contributed by atoms with Crippen molar-refractivity contribution in [3.8, 4) is 11.5 Å².